The van der Waals surface area contributed by atoms with E-state index >= 15 is 0 Å². The highest BCUT2D eigenvalue weighted by Crippen LogP contribution is 2.40. The number of anilines is 2. The number of carbonyl (C=O) groups is 4. The summed E-state index contributed by atoms with van der Waals surface area (Å²) in [6, 6.07) is 13.6. The molecule has 2 saturated heterocycles. The fraction of sp³-hybridized carbons (Fsp3) is 0.385. The van der Waals surface area contributed by atoms with Crippen LogP contribution in [0.1, 0.15) is 32.1 Å². The van der Waals surface area contributed by atoms with Crippen LogP contribution in [0.5, 0.6) is 11.5 Å². The number of benzene rings is 2. The fourth-order valence-corrected chi connectivity index (χ4v) is 5.18. The molecule has 0 spiro atoms. The van der Waals surface area contributed by atoms with Crippen molar-refractivity contribution in [2.45, 2.75) is 32.1 Å². The quantitative estimate of drug-likeness (QED) is 0.384. The van der Waals surface area contributed by atoms with E-state index in [1.165, 1.54) is 4.90 Å². The van der Waals surface area contributed by atoms with Gasteiger partial charge in [0.1, 0.15) is 11.5 Å². The predicted molar refractivity (Wildman–Crippen MR) is 123 cm³/mol. The molecule has 34 heavy (non-hydrogen) atoms. The number of fused-ring (bicyclic) bond motifs is 1. The van der Waals surface area contributed by atoms with E-state index in [9.17, 15) is 19.2 Å². The maximum atomic E-state index is 12.9. The number of ether oxygens (including phenoxy) is 2. The highest BCUT2D eigenvalue weighted by molar-refractivity contribution is 6.22. The molecule has 0 unspecified atom stereocenters. The van der Waals surface area contributed by atoms with Crippen LogP contribution in [0.3, 0.4) is 0 Å². The Morgan fingerprint density at radius 3 is 2.21 bits per heavy atom. The van der Waals surface area contributed by atoms with Gasteiger partial charge < -0.3 is 14.4 Å². The van der Waals surface area contributed by atoms with Gasteiger partial charge in [0.25, 0.3) is 0 Å². The summed E-state index contributed by atoms with van der Waals surface area (Å²) in [7, 11) is 1.57. The van der Waals surface area contributed by atoms with Crippen LogP contribution in [0.25, 0.3) is 0 Å². The monoisotopic (exact) mass is 462 g/mol. The van der Waals surface area contributed by atoms with Crippen molar-refractivity contribution in [2.24, 2.45) is 17.8 Å². The van der Waals surface area contributed by atoms with E-state index < -0.39 is 11.9 Å². The first-order chi connectivity index (χ1) is 16.5. The average Bonchev–Trinajstić information content (AvgIpc) is 3.37. The van der Waals surface area contributed by atoms with Crippen LogP contribution < -0.4 is 19.3 Å². The lowest BCUT2D eigenvalue weighted by Gasteiger charge is -2.19. The van der Waals surface area contributed by atoms with E-state index in [4.69, 9.17) is 9.47 Å². The molecule has 0 bridgehead atoms. The molecule has 0 N–H and O–H groups in total. The highest BCUT2D eigenvalue weighted by atomic mass is 16.5. The highest BCUT2D eigenvalue weighted by Gasteiger charge is 2.48. The van der Waals surface area contributed by atoms with Gasteiger partial charge in [-0.15, -0.1) is 0 Å². The topological polar surface area (TPSA) is 93.2 Å². The third-order valence-corrected chi connectivity index (χ3v) is 6.98. The molecule has 3 atom stereocenters. The molecule has 0 aromatic heterocycles. The lowest BCUT2D eigenvalue weighted by Crippen LogP contribution is -2.31. The summed E-state index contributed by atoms with van der Waals surface area (Å²) in [5, 5.41) is 0. The minimum absolute atomic E-state index is 0.0526. The van der Waals surface area contributed by atoms with E-state index in [1.807, 2.05) is 0 Å². The molecule has 2 aliphatic heterocycles. The van der Waals surface area contributed by atoms with Crippen LogP contribution in [0.15, 0.2) is 48.5 Å². The second-order valence-electron chi connectivity index (χ2n) is 9.03. The average molecular weight is 463 g/mol. The minimum atomic E-state index is -0.615. The number of hydrogen-bond acceptors (Lipinski definition) is 6. The Morgan fingerprint density at radius 2 is 1.56 bits per heavy atom. The summed E-state index contributed by atoms with van der Waals surface area (Å²) in [5.41, 5.74) is 1.10. The number of hydrogen-bond donors (Lipinski definition) is 0. The standard InChI is InChI=1S/C26H26N2O6/c1-33-19-11-9-17(10-12-19)27-15-16(13-23(27)29)26(32)34-20-6-4-5-18(14-20)28-24(30)21-7-2-3-8-22(21)25(28)31/h4-6,9-12,14,16,21-22H,2-3,7-8,13,15H2,1H3/t16-,21-,22-/m0/s1. The Kier molecular flexibility index (Phi) is 5.81. The van der Waals surface area contributed by atoms with Crippen LogP contribution >= 0.6 is 0 Å². The third kappa shape index (κ3) is 3.93. The van der Waals surface area contributed by atoms with Crippen LogP contribution in [-0.4, -0.2) is 37.3 Å². The van der Waals surface area contributed by atoms with Crippen molar-refractivity contribution in [3.8, 4) is 11.5 Å². The fourth-order valence-electron chi connectivity index (χ4n) is 5.18. The van der Waals surface area contributed by atoms with Gasteiger partial charge in [0.05, 0.1) is 30.6 Å². The first-order valence-electron chi connectivity index (χ1n) is 11.6. The molecule has 3 aliphatic rings. The number of imide groups is 1. The maximum Gasteiger partial charge on any atom is 0.316 e. The molecule has 8 heteroatoms. The predicted octanol–water partition coefficient (Wildman–Crippen LogP) is 3.33. The van der Waals surface area contributed by atoms with E-state index in [-0.39, 0.29) is 48.3 Å². The molecule has 1 aliphatic carbocycles. The maximum absolute atomic E-state index is 12.9. The Bertz CT molecular complexity index is 1120. The van der Waals surface area contributed by atoms with Gasteiger partial charge in [-0.1, -0.05) is 18.9 Å². The summed E-state index contributed by atoms with van der Waals surface area (Å²) in [6.45, 7) is 0.218. The van der Waals surface area contributed by atoms with E-state index in [0.29, 0.717) is 17.1 Å². The number of amides is 3. The van der Waals surface area contributed by atoms with E-state index in [0.717, 1.165) is 25.7 Å². The third-order valence-electron chi connectivity index (χ3n) is 6.98. The zero-order chi connectivity index (χ0) is 23.8. The van der Waals surface area contributed by atoms with Gasteiger partial charge in [0, 0.05) is 24.7 Å². The Balaban J connectivity index is 1.27. The minimum Gasteiger partial charge on any atom is -0.497 e. The van der Waals surface area contributed by atoms with Crippen molar-refractivity contribution in [3.05, 3.63) is 48.5 Å². The first-order valence-corrected chi connectivity index (χ1v) is 11.6. The van der Waals surface area contributed by atoms with Gasteiger partial charge in [-0.25, -0.2) is 4.90 Å². The molecule has 0 radical (unpaired) electrons. The molecular formula is C26H26N2O6. The van der Waals surface area contributed by atoms with Crippen molar-refractivity contribution in [1.82, 2.24) is 0 Å². The van der Waals surface area contributed by atoms with Crippen LogP contribution in [0.4, 0.5) is 11.4 Å². The number of esters is 1. The number of methoxy groups -OCH3 is 1. The lowest BCUT2D eigenvalue weighted by molar-refractivity contribution is -0.139. The van der Waals surface area contributed by atoms with Crippen molar-refractivity contribution in [3.63, 3.8) is 0 Å². The largest absolute Gasteiger partial charge is 0.497 e. The van der Waals surface area contributed by atoms with Gasteiger partial charge in [-0.05, 0) is 49.2 Å². The molecule has 2 aromatic rings. The summed E-state index contributed by atoms with van der Waals surface area (Å²) in [6.07, 6.45) is 3.44. The normalized spacial score (nSPS) is 24.4. The molecule has 8 nitrogen and oxygen atoms in total. The molecular weight excluding hydrogens is 436 g/mol. The Labute approximate surface area is 197 Å². The summed E-state index contributed by atoms with van der Waals surface area (Å²) in [4.78, 5) is 53.9. The van der Waals surface area contributed by atoms with Crippen molar-refractivity contribution in [2.75, 3.05) is 23.5 Å². The second kappa shape index (κ2) is 8.93. The van der Waals surface area contributed by atoms with Crippen molar-refractivity contribution >= 4 is 35.1 Å². The summed E-state index contributed by atoms with van der Waals surface area (Å²) < 4.78 is 10.7. The number of carbonyl (C=O) groups excluding carboxylic acids is 4. The molecule has 3 fully saturated rings. The molecule has 3 amide bonds. The zero-order valence-corrected chi connectivity index (χ0v) is 18.9. The van der Waals surface area contributed by atoms with E-state index in [1.54, 1.807) is 60.5 Å². The van der Waals surface area contributed by atoms with Gasteiger partial charge >= 0.3 is 5.97 Å². The Hall–Kier alpha value is -3.68. The second-order valence-corrected chi connectivity index (χ2v) is 9.03. The van der Waals surface area contributed by atoms with Gasteiger partial charge in [0.15, 0.2) is 0 Å². The zero-order valence-electron chi connectivity index (χ0n) is 18.9. The van der Waals surface area contributed by atoms with Crippen LogP contribution in [0, 0.1) is 17.8 Å². The summed E-state index contributed by atoms with van der Waals surface area (Å²) >= 11 is 0. The van der Waals surface area contributed by atoms with Crippen LogP contribution in [0.2, 0.25) is 0 Å². The van der Waals surface area contributed by atoms with Gasteiger partial charge in [0.2, 0.25) is 17.7 Å². The van der Waals surface area contributed by atoms with Gasteiger partial charge in [-0.3, -0.25) is 19.2 Å². The molecule has 2 aromatic carbocycles. The summed E-state index contributed by atoms with van der Waals surface area (Å²) in [5.74, 6) is -1.21. The van der Waals surface area contributed by atoms with E-state index in [2.05, 4.69) is 0 Å². The van der Waals surface area contributed by atoms with Crippen molar-refractivity contribution < 1.29 is 28.7 Å². The SMILES string of the molecule is COc1ccc(N2C[C@@H](C(=O)Oc3cccc(N4C(=O)[C@H]5CCCC[C@@H]5C4=O)c3)CC2=O)cc1. The molecule has 5 rings (SSSR count). The van der Waals surface area contributed by atoms with Crippen LogP contribution in [-0.2, 0) is 19.2 Å². The molecule has 1 saturated carbocycles. The number of rotatable bonds is 5. The molecule has 2 heterocycles. The molecule has 176 valence electrons. The Morgan fingerprint density at radius 1 is 0.882 bits per heavy atom. The first kappa shape index (κ1) is 22.1. The number of nitrogens with zero attached hydrogens (tertiary/aromatic N) is 2. The lowest BCUT2D eigenvalue weighted by atomic mass is 9.81. The smallest absolute Gasteiger partial charge is 0.316 e. The van der Waals surface area contributed by atoms with Gasteiger partial charge in [-0.2, -0.15) is 0 Å². The van der Waals surface area contributed by atoms with Crippen molar-refractivity contribution in [1.29, 1.82) is 0 Å².